The summed E-state index contributed by atoms with van der Waals surface area (Å²) in [5.41, 5.74) is 3.25. The largest absolute Gasteiger partial charge is 0.302 e. The Hall–Kier alpha value is -2.88. The van der Waals surface area contributed by atoms with E-state index in [1.807, 2.05) is 0 Å². The minimum absolute atomic E-state index is 0.0229. The molecule has 0 fully saturated rings. The molecule has 0 unspecified atom stereocenters. The molecule has 0 radical (unpaired) electrons. The minimum Gasteiger partial charge on any atom is -0.302 e. The van der Waals surface area contributed by atoms with Crippen molar-refractivity contribution < 1.29 is 9.72 Å². The summed E-state index contributed by atoms with van der Waals surface area (Å²) in [6, 6.07) is 10.6. The van der Waals surface area contributed by atoms with Crippen LogP contribution in [0.3, 0.4) is 0 Å². The van der Waals surface area contributed by atoms with Crippen LogP contribution in [0.1, 0.15) is 34.6 Å². The van der Waals surface area contributed by atoms with Gasteiger partial charge in [0.25, 0.3) is 11.6 Å². The molecule has 1 amide bonds. The molecule has 172 valence electrons. The number of thiophene rings is 1. The predicted molar refractivity (Wildman–Crippen MR) is 137 cm³/mol. The number of aryl methyl sites for hydroxylation is 2. The van der Waals surface area contributed by atoms with Gasteiger partial charge in [0.05, 0.1) is 20.0 Å². The van der Waals surface area contributed by atoms with Crippen molar-refractivity contribution in [2.75, 3.05) is 31.1 Å². The molecule has 33 heavy (non-hydrogen) atoms. The van der Waals surface area contributed by atoms with Crippen LogP contribution in [0.15, 0.2) is 36.4 Å². The summed E-state index contributed by atoms with van der Waals surface area (Å²) in [5, 5.41) is 12.5. The van der Waals surface area contributed by atoms with Gasteiger partial charge in [0.2, 0.25) is 0 Å². The lowest BCUT2D eigenvalue weighted by molar-refractivity contribution is -0.384. The fourth-order valence-electron chi connectivity index (χ4n) is 3.78. The molecule has 0 aliphatic carbocycles. The van der Waals surface area contributed by atoms with Gasteiger partial charge in [-0.25, -0.2) is 4.98 Å². The average Bonchev–Trinajstić information content (AvgIpc) is 3.43. The number of hydrogen-bond donors (Lipinski definition) is 0. The van der Waals surface area contributed by atoms with Gasteiger partial charge in [0.15, 0.2) is 5.13 Å². The van der Waals surface area contributed by atoms with E-state index < -0.39 is 4.92 Å². The molecule has 0 aliphatic heterocycles. The Labute approximate surface area is 200 Å². The van der Waals surface area contributed by atoms with Gasteiger partial charge in [-0.15, -0.1) is 11.3 Å². The Kier molecular flexibility index (Phi) is 6.73. The number of fused-ring (bicyclic) bond motifs is 2. The third-order valence-corrected chi connectivity index (χ3v) is 8.15. The number of carbonyl (C=O) groups excluding carboxylic acids is 1. The van der Waals surface area contributed by atoms with Crippen LogP contribution in [0.4, 0.5) is 10.8 Å². The standard InChI is InChI=1S/C24H26N4O3S2/c1-5-26(6-2)11-12-27(24-25-22-16(4)15(3)7-9-20(22)33-24)23(29)21-14-17-13-18(28(30)31)8-10-19(17)32-21/h7-10,13-14H,5-6,11-12H2,1-4H3. The maximum Gasteiger partial charge on any atom is 0.270 e. The molecule has 0 spiro atoms. The molecule has 0 saturated carbocycles. The Morgan fingerprint density at radius 3 is 2.45 bits per heavy atom. The predicted octanol–water partition coefficient (Wildman–Crippen LogP) is 6.02. The van der Waals surface area contributed by atoms with Crippen LogP contribution in [0.2, 0.25) is 0 Å². The van der Waals surface area contributed by atoms with Crippen molar-refractivity contribution in [3.8, 4) is 0 Å². The van der Waals surface area contributed by atoms with E-state index in [-0.39, 0.29) is 11.6 Å². The number of nitro benzene ring substituents is 1. The second-order valence-electron chi connectivity index (χ2n) is 7.92. The SMILES string of the molecule is CCN(CC)CCN(C(=O)c1cc2cc([N+](=O)[O-])ccc2s1)c1nc2c(C)c(C)ccc2s1. The van der Waals surface area contributed by atoms with Gasteiger partial charge in [0.1, 0.15) is 0 Å². The van der Waals surface area contributed by atoms with Crippen LogP contribution < -0.4 is 4.90 Å². The van der Waals surface area contributed by atoms with Crippen LogP contribution in [-0.2, 0) is 0 Å². The van der Waals surface area contributed by atoms with Gasteiger partial charge in [-0.05, 0) is 56.3 Å². The quantitative estimate of drug-likeness (QED) is 0.226. The van der Waals surface area contributed by atoms with Gasteiger partial charge in [0, 0.05) is 35.3 Å². The van der Waals surface area contributed by atoms with Gasteiger partial charge < -0.3 is 4.90 Å². The zero-order valence-electron chi connectivity index (χ0n) is 19.1. The molecule has 4 aromatic rings. The molecule has 0 atom stereocenters. The third kappa shape index (κ3) is 4.62. The highest BCUT2D eigenvalue weighted by atomic mass is 32.1. The van der Waals surface area contributed by atoms with Crippen molar-refractivity contribution in [2.45, 2.75) is 27.7 Å². The van der Waals surface area contributed by atoms with Crippen molar-refractivity contribution in [1.82, 2.24) is 9.88 Å². The number of thiazole rings is 1. The highest BCUT2D eigenvalue weighted by molar-refractivity contribution is 7.23. The van der Waals surface area contributed by atoms with Crippen LogP contribution >= 0.6 is 22.7 Å². The third-order valence-electron chi connectivity index (χ3n) is 6.01. The van der Waals surface area contributed by atoms with Crippen LogP contribution in [0.25, 0.3) is 20.3 Å². The number of benzene rings is 2. The number of nitrogens with zero attached hydrogens (tertiary/aromatic N) is 4. The normalized spacial score (nSPS) is 11.5. The number of aromatic nitrogens is 1. The molecule has 7 nitrogen and oxygen atoms in total. The number of carbonyl (C=O) groups is 1. The summed E-state index contributed by atoms with van der Waals surface area (Å²) in [4.78, 5) is 33.9. The van der Waals surface area contributed by atoms with E-state index >= 15 is 0 Å². The molecule has 2 aromatic carbocycles. The van der Waals surface area contributed by atoms with Crippen LogP contribution in [-0.4, -0.2) is 46.9 Å². The first-order valence-electron chi connectivity index (χ1n) is 10.9. The number of non-ortho nitro benzene ring substituents is 1. The lowest BCUT2D eigenvalue weighted by Crippen LogP contribution is -2.38. The highest BCUT2D eigenvalue weighted by Gasteiger charge is 2.24. The van der Waals surface area contributed by atoms with E-state index in [9.17, 15) is 14.9 Å². The number of hydrogen-bond acceptors (Lipinski definition) is 7. The topological polar surface area (TPSA) is 79.6 Å². The first-order valence-corrected chi connectivity index (χ1v) is 12.5. The van der Waals surface area contributed by atoms with E-state index in [1.54, 1.807) is 17.0 Å². The second kappa shape index (κ2) is 9.54. The second-order valence-corrected chi connectivity index (χ2v) is 10.0. The average molecular weight is 483 g/mol. The lowest BCUT2D eigenvalue weighted by atomic mass is 10.1. The molecule has 0 saturated heterocycles. The lowest BCUT2D eigenvalue weighted by Gasteiger charge is -2.24. The highest BCUT2D eigenvalue weighted by Crippen LogP contribution is 2.35. The minimum atomic E-state index is -0.416. The molecule has 0 bridgehead atoms. The number of amides is 1. The zero-order valence-corrected chi connectivity index (χ0v) is 20.8. The van der Waals surface area contributed by atoms with E-state index in [0.717, 1.165) is 40.1 Å². The van der Waals surface area contributed by atoms with Crippen molar-refractivity contribution in [2.24, 2.45) is 0 Å². The first kappa shape index (κ1) is 23.3. The molecular formula is C24H26N4O3S2. The van der Waals surface area contributed by atoms with Crippen molar-refractivity contribution >= 4 is 59.7 Å². The molecular weight excluding hydrogens is 456 g/mol. The van der Waals surface area contributed by atoms with E-state index in [4.69, 9.17) is 4.98 Å². The van der Waals surface area contributed by atoms with Gasteiger partial charge in [-0.3, -0.25) is 19.8 Å². The monoisotopic (exact) mass is 482 g/mol. The maximum atomic E-state index is 13.7. The number of rotatable bonds is 8. The molecule has 2 heterocycles. The fourth-order valence-corrected chi connectivity index (χ4v) is 5.82. The summed E-state index contributed by atoms with van der Waals surface area (Å²) >= 11 is 2.88. The Morgan fingerprint density at radius 1 is 1.03 bits per heavy atom. The Morgan fingerprint density at radius 2 is 1.76 bits per heavy atom. The van der Waals surface area contributed by atoms with E-state index in [2.05, 4.69) is 44.7 Å². The first-order chi connectivity index (χ1) is 15.8. The molecule has 2 aromatic heterocycles. The smallest absolute Gasteiger partial charge is 0.270 e. The molecule has 0 aliphatic rings. The van der Waals surface area contributed by atoms with Gasteiger partial charge in [-0.2, -0.15) is 0 Å². The molecule has 0 N–H and O–H groups in total. The van der Waals surface area contributed by atoms with Gasteiger partial charge in [-0.1, -0.05) is 31.3 Å². The van der Waals surface area contributed by atoms with E-state index in [1.165, 1.54) is 40.4 Å². The van der Waals surface area contributed by atoms with Crippen molar-refractivity contribution in [3.63, 3.8) is 0 Å². The number of likely N-dealkylation sites (N-methyl/N-ethyl adjacent to an activating group) is 1. The van der Waals surface area contributed by atoms with Crippen molar-refractivity contribution in [3.05, 3.63) is 62.5 Å². The van der Waals surface area contributed by atoms with Crippen LogP contribution in [0, 0.1) is 24.0 Å². The summed E-state index contributed by atoms with van der Waals surface area (Å²) in [6.45, 7) is 11.4. The summed E-state index contributed by atoms with van der Waals surface area (Å²) in [7, 11) is 0. The van der Waals surface area contributed by atoms with Crippen molar-refractivity contribution in [1.29, 1.82) is 0 Å². The maximum absolute atomic E-state index is 13.7. The van der Waals surface area contributed by atoms with Gasteiger partial charge >= 0.3 is 0 Å². The zero-order chi connectivity index (χ0) is 23.7. The number of nitro groups is 1. The van der Waals surface area contributed by atoms with E-state index in [0.29, 0.717) is 21.9 Å². The Balaban J connectivity index is 1.74. The summed E-state index contributed by atoms with van der Waals surface area (Å²) in [5.74, 6) is -0.126. The summed E-state index contributed by atoms with van der Waals surface area (Å²) < 4.78 is 1.91. The summed E-state index contributed by atoms with van der Waals surface area (Å²) in [6.07, 6.45) is 0. The molecule has 4 rings (SSSR count). The number of anilines is 1. The molecule has 9 heteroatoms. The fraction of sp³-hybridized carbons (Fsp3) is 0.333. The Bertz CT molecular complexity index is 1340. The van der Waals surface area contributed by atoms with Crippen LogP contribution in [0.5, 0.6) is 0 Å².